The van der Waals surface area contributed by atoms with Gasteiger partial charge in [0.2, 0.25) is 0 Å². The third-order valence-electron chi connectivity index (χ3n) is 4.94. The summed E-state index contributed by atoms with van der Waals surface area (Å²) in [4.78, 5) is 12.4. The van der Waals surface area contributed by atoms with Crippen LogP contribution in [-0.2, 0) is 36.9 Å². The van der Waals surface area contributed by atoms with E-state index in [1.165, 1.54) is 7.11 Å². The molecule has 36 heavy (non-hydrogen) atoms. The summed E-state index contributed by atoms with van der Waals surface area (Å²) in [5.41, 5.74) is 1.32. The van der Waals surface area contributed by atoms with Gasteiger partial charge in [0, 0.05) is 13.7 Å². The maximum Gasteiger partial charge on any atom is 0.407 e. The maximum atomic E-state index is 12.4. The van der Waals surface area contributed by atoms with Gasteiger partial charge in [-0.3, -0.25) is 0 Å². The fourth-order valence-electron chi connectivity index (χ4n) is 3.33. The second-order valence-electron chi connectivity index (χ2n) is 9.13. The first-order valence-corrected chi connectivity index (χ1v) is 12.0. The molecule has 1 amide bonds. The molecular formula is C28H39NO7. The smallest absolute Gasteiger partial charge is 0.407 e. The van der Waals surface area contributed by atoms with Crippen LogP contribution in [0, 0.1) is 0 Å². The predicted octanol–water partition coefficient (Wildman–Crippen LogP) is 4.22. The molecule has 8 nitrogen and oxygen atoms in total. The van der Waals surface area contributed by atoms with Crippen molar-refractivity contribution in [2.75, 3.05) is 27.1 Å². The molecule has 0 aliphatic carbocycles. The highest BCUT2D eigenvalue weighted by atomic mass is 16.7. The van der Waals surface area contributed by atoms with E-state index in [0.29, 0.717) is 13.2 Å². The molecule has 0 aromatic heterocycles. The minimum absolute atomic E-state index is 0.0129. The summed E-state index contributed by atoms with van der Waals surface area (Å²) < 4.78 is 29.0. The Balaban J connectivity index is 2.26. The van der Waals surface area contributed by atoms with Crippen molar-refractivity contribution in [2.24, 2.45) is 0 Å². The first-order valence-electron chi connectivity index (χ1n) is 12.0. The van der Waals surface area contributed by atoms with Gasteiger partial charge in [0.1, 0.15) is 30.7 Å². The molecule has 0 spiro atoms. The van der Waals surface area contributed by atoms with E-state index in [-0.39, 0.29) is 19.9 Å². The van der Waals surface area contributed by atoms with Gasteiger partial charge in [-0.25, -0.2) is 4.79 Å². The molecule has 0 saturated carbocycles. The van der Waals surface area contributed by atoms with Crippen LogP contribution < -0.4 is 5.32 Å². The summed E-state index contributed by atoms with van der Waals surface area (Å²) in [6.45, 7) is 5.93. The number of alkyl carbamates (subject to hydrolysis) is 1. The number of aliphatic hydroxyl groups excluding tert-OH is 1. The van der Waals surface area contributed by atoms with Crippen molar-refractivity contribution >= 4 is 6.09 Å². The zero-order chi connectivity index (χ0) is 26.2. The molecule has 3 atom stereocenters. The molecule has 2 N–H and O–H groups in total. The van der Waals surface area contributed by atoms with Crippen LogP contribution in [0.25, 0.3) is 0 Å². The standard InChI is InChI=1S/C28H39NO7/c1-28(2,3)36-27(31)29-18-25(35-21-32-4)26(34-20-23-14-9-6-10-15-23)24(16-11-17-30)33-19-22-12-7-5-8-13-22/h5-16,24-26,30H,17-21H2,1-4H3,(H,29,31)/b16-11-/t24-,25-,26+/m1/s1. The Morgan fingerprint density at radius 3 is 2.06 bits per heavy atom. The molecular weight excluding hydrogens is 462 g/mol. The summed E-state index contributed by atoms with van der Waals surface area (Å²) in [6, 6.07) is 19.5. The van der Waals surface area contributed by atoms with Gasteiger partial charge < -0.3 is 34.1 Å². The van der Waals surface area contributed by atoms with Crippen molar-refractivity contribution in [2.45, 2.75) is 57.9 Å². The van der Waals surface area contributed by atoms with Crippen LogP contribution in [0.2, 0.25) is 0 Å². The number of aliphatic hydroxyl groups is 1. The second-order valence-corrected chi connectivity index (χ2v) is 9.13. The SMILES string of the molecule is COCO[C@H](CNC(=O)OC(C)(C)C)[C@@H](OCc1ccccc1)[C@@H](/C=C\CO)OCc1ccccc1. The molecule has 0 unspecified atom stereocenters. The molecule has 0 saturated heterocycles. The number of benzene rings is 2. The molecule has 2 aromatic rings. The summed E-state index contributed by atoms with van der Waals surface area (Å²) in [6.07, 6.45) is 0.886. The summed E-state index contributed by atoms with van der Waals surface area (Å²) in [7, 11) is 1.52. The van der Waals surface area contributed by atoms with Gasteiger partial charge in [-0.15, -0.1) is 0 Å². The Morgan fingerprint density at radius 1 is 0.944 bits per heavy atom. The predicted molar refractivity (Wildman–Crippen MR) is 137 cm³/mol. The van der Waals surface area contributed by atoms with E-state index < -0.39 is 30.0 Å². The summed E-state index contributed by atoms with van der Waals surface area (Å²) in [5, 5.41) is 12.2. The van der Waals surface area contributed by atoms with Gasteiger partial charge in [-0.2, -0.15) is 0 Å². The number of methoxy groups -OCH3 is 1. The summed E-state index contributed by atoms with van der Waals surface area (Å²) in [5.74, 6) is 0. The largest absolute Gasteiger partial charge is 0.444 e. The van der Waals surface area contributed by atoms with E-state index in [1.807, 2.05) is 60.7 Å². The van der Waals surface area contributed by atoms with Crippen LogP contribution in [0.3, 0.4) is 0 Å². The van der Waals surface area contributed by atoms with E-state index >= 15 is 0 Å². The van der Waals surface area contributed by atoms with Crippen LogP contribution in [0.15, 0.2) is 72.8 Å². The highest BCUT2D eigenvalue weighted by Gasteiger charge is 2.32. The zero-order valence-corrected chi connectivity index (χ0v) is 21.6. The van der Waals surface area contributed by atoms with Crippen LogP contribution >= 0.6 is 0 Å². The van der Waals surface area contributed by atoms with Crippen LogP contribution in [-0.4, -0.2) is 62.2 Å². The lowest BCUT2D eigenvalue weighted by atomic mass is 10.1. The maximum absolute atomic E-state index is 12.4. The minimum Gasteiger partial charge on any atom is -0.444 e. The van der Waals surface area contributed by atoms with Crippen LogP contribution in [0.4, 0.5) is 4.79 Å². The number of carbonyl (C=O) groups is 1. The Hall–Kier alpha value is -2.75. The van der Waals surface area contributed by atoms with Crippen molar-refractivity contribution < 1.29 is 33.6 Å². The van der Waals surface area contributed by atoms with Crippen molar-refractivity contribution in [3.8, 4) is 0 Å². The zero-order valence-electron chi connectivity index (χ0n) is 21.6. The first kappa shape index (κ1) is 29.5. The lowest BCUT2D eigenvalue weighted by molar-refractivity contribution is -0.162. The fraction of sp³-hybridized carbons (Fsp3) is 0.464. The highest BCUT2D eigenvalue weighted by Crippen LogP contribution is 2.19. The molecule has 8 heteroatoms. The lowest BCUT2D eigenvalue weighted by Gasteiger charge is -2.32. The highest BCUT2D eigenvalue weighted by molar-refractivity contribution is 5.67. The van der Waals surface area contributed by atoms with Crippen LogP contribution in [0.1, 0.15) is 31.9 Å². The van der Waals surface area contributed by atoms with E-state index in [0.717, 1.165) is 11.1 Å². The lowest BCUT2D eigenvalue weighted by Crippen LogP contribution is -2.48. The third-order valence-corrected chi connectivity index (χ3v) is 4.94. The normalized spacial score (nSPS) is 14.4. The van der Waals surface area contributed by atoms with Crippen molar-refractivity contribution in [1.29, 1.82) is 0 Å². The molecule has 2 aromatic carbocycles. The molecule has 198 valence electrons. The Kier molecular flexibility index (Phi) is 13.2. The molecule has 2 rings (SSSR count). The summed E-state index contributed by atoms with van der Waals surface area (Å²) >= 11 is 0. The quantitative estimate of drug-likeness (QED) is 0.279. The van der Waals surface area contributed by atoms with E-state index in [1.54, 1.807) is 32.9 Å². The Morgan fingerprint density at radius 2 is 1.53 bits per heavy atom. The fourth-order valence-corrected chi connectivity index (χ4v) is 3.33. The number of hydrogen-bond donors (Lipinski definition) is 2. The van der Waals surface area contributed by atoms with E-state index in [9.17, 15) is 9.90 Å². The Bertz CT molecular complexity index is 884. The van der Waals surface area contributed by atoms with Crippen molar-refractivity contribution in [3.63, 3.8) is 0 Å². The van der Waals surface area contributed by atoms with Gasteiger partial charge in [0.15, 0.2) is 0 Å². The van der Waals surface area contributed by atoms with Gasteiger partial charge in [-0.05, 0) is 31.9 Å². The molecule has 0 aliphatic heterocycles. The number of hydrogen-bond acceptors (Lipinski definition) is 7. The molecule has 0 fully saturated rings. The number of carbonyl (C=O) groups excluding carboxylic acids is 1. The van der Waals surface area contributed by atoms with Gasteiger partial charge in [0.25, 0.3) is 0 Å². The molecule has 0 radical (unpaired) electrons. The first-order chi connectivity index (χ1) is 17.3. The van der Waals surface area contributed by atoms with Crippen LogP contribution in [0.5, 0.6) is 0 Å². The van der Waals surface area contributed by atoms with Crippen molar-refractivity contribution in [3.05, 3.63) is 83.9 Å². The van der Waals surface area contributed by atoms with E-state index in [2.05, 4.69) is 5.32 Å². The molecule has 0 heterocycles. The molecule has 0 bridgehead atoms. The second kappa shape index (κ2) is 16.1. The topological polar surface area (TPSA) is 95.5 Å². The Labute approximate surface area is 214 Å². The number of ether oxygens (including phenoxy) is 5. The van der Waals surface area contributed by atoms with Gasteiger partial charge in [-0.1, -0.05) is 72.8 Å². The average molecular weight is 502 g/mol. The number of rotatable bonds is 15. The number of amides is 1. The average Bonchev–Trinajstić information content (AvgIpc) is 2.86. The number of nitrogens with one attached hydrogen (secondary N) is 1. The van der Waals surface area contributed by atoms with Crippen molar-refractivity contribution in [1.82, 2.24) is 5.32 Å². The van der Waals surface area contributed by atoms with Gasteiger partial charge >= 0.3 is 6.09 Å². The monoisotopic (exact) mass is 501 g/mol. The van der Waals surface area contributed by atoms with E-state index in [4.69, 9.17) is 23.7 Å². The minimum atomic E-state index is -0.651. The third kappa shape index (κ3) is 11.8. The molecule has 0 aliphatic rings. The van der Waals surface area contributed by atoms with Gasteiger partial charge in [0.05, 0.1) is 19.8 Å².